The molecule has 2 atom stereocenters. The van der Waals surface area contributed by atoms with Crippen LogP contribution in [0.1, 0.15) is 42.5 Å². The van der Waals surface area contributed by atoms with Crippen LogP contribution in [0.2, 0.25) is 0 Å². The average molecular weight is 248 g/mol. The lowest BCUT2D eigenvalue weighted by Gasteiger charge is -2.16. The van der Waals surface area contributed by atoms with Crippen molar-refractivity contribution in [3.8, 4) is 0 Å². The van der Waals surface area contributed by atoms with Gasteiger partial charge < -0.3 is 5.11 Å². The average Bonchev–Trinajstić information content (AvgIpc) is 2.25. The Bertz CT molecular complexity index is 412. The van der Waals surface area contributed by atoms with Crippen molar-refractivity contribution in [3.05, 3.63) is 34.4 Å². The van der Waals surface area contributed by atoms with Gasteiger partial charge in [0.1, 0.15) is 0 Å². The zero-order chi connectivity index (χ0) is 13.9. The van der Waals surface area contributed by atoms with Crippen molar-refractivity contribution in [2.45, 2.75) is 47.5 Å². The fourth-order valence-electron chi connectivity index (χ4n) is 2.43. The van der Waals surface area contributed by atoms with Gasteiger partial charge in [0.15, 0.2) is 0 Å². The normalized spacial score (nSPS) is 14.3. The number of carbonyl (C=O) groups is 1. The number of hydrogen-bond donors (Lipinski definition) is 1. The Hall–Kier alpha value is -1.31. The molecule has 0 spiro atoms. The molecule has 1 aromatic carbocycles. The molecule has 1 N–H and O–H groups in total. The van der Waals surface area contributed by atoms with E-state index >= 15 is 0 Å². The van der Waals surface area contributed by atoms with Gasteiger partial charge in [0, 0.05) is 0 Å². The van der Waals surface area contributed by atoms with Crippen LogP contribution < -0.4 is 0 Å². The van der Waals surface area contributed by atoms with Crippen LogP contribution >= 0.6 is 0 Å². The third-order valence-corrected chi connectivity index (χ3v) is 3.75. The van der Waals surface area contributed by atoms with Crippen LogP contribution in [-0.4, -0.2) is 11.1 Å². The minimum atomic E-state index is -0.696. The Labute approximate surface area is 110 Å². The summed E-state index contributed by atoms with van der Waals surface area (Å²) < 4.78 is 0. The summed E-state index contributed by atoms with van der Waals surface area (Å²) in [5, 5.41) is 8.92. The fraction of sp³-hybridized carbons (Fsp3) is 0.562. The molecule has 0 heterocycles. The van der Waals surface area contributed by atoms with Crippen molar-refractivity contribution in [2.75, 3.05) is 0 Å². The molecule has 0 aromatic heterocycles. The second-order valence-electron chi connectivity index (χ2n) is 5.64. The molecule has 2 nitrogen and oxygen atoms in total. The summed E-state index contributed by atoms with van der Waals surface area (Å²) in [5.74, 6) is -0.552. The number of hydrogen-bond acceptors (Lipinski definition) is 1. The first-order valence-electron chi connectivity index (χ1n) is 6.60. The Morgan fingerprint density at radius 1 is 1.17 bits per heavy atom. The van der Waals surface area contributed by atoms with Gasteiger partial charge >= 0.3 is 5.97 Å². The minimum absolute atomic E-state index is 0.257. The molecule has 2 unspecified atom stereocenters. The molecule has 0 aliphatic carbocycles. The molecule has 0 aliphatic rings. The lowest BCUT2D eigenvalue weighted by atomic mass is 9.89. The molecule has 1 rings (SSSR count). The monoisotopic (exact) mass is 248 g/mol. The molecular formula is C16H24O2. The lowest BCUT2D eigenvalue weighted by molar-refractivity contribution is -0.141. The Morgan fingerprint density at radius 3 is 2.11 bits per heavy atom. The van der Waals surface area contributed by atoms with Crippen LogP contribution in [0.25, 0.3) is 0 Å². The van der Waals surface area contributed by atoms with E-state index in [-0.39, 0.29) is 5.92 Å². The maximum absolute atomic E-state index is 10.8. The van der Waals surface area contributed by atoms with E-state index in [4.69, 9.17) is 5.11 Å². The summed E-state index contributed by atoms with van der Waals surface area (Å²) in [6.07, 6.45) is 1.70. The Balaban J connectivity index is 2.70. The molecule has 0 bridgehead atoms. The zero-order valence-electron chi connectivity index (χ0n) is 12.1. The quantitative estimate of drug-likeness (QED) is 0.858. The highest BCUT2D eigenvalue weighted by Crippen LogP contribution is 2.21. The smallest absolute Gasteiger partial charge is 0.306 e. The van der Waals surface area contributed by atoms with Crippen LogP contribution in [-0.2, 0) is 11.2 Å². The number of carboxylic acids is 1. The molecule has 1 aromatic rings. The van der Waals surface area contributed by atoms with Gasteiger partial charge in [0.25, 0.3) is 0 Å². The van der Waals surface area contributed by atoms with Crippen LogP contribution in [0.5, 0.6) is 0 Å². The highest BCUT2D eigenvalue weighted by molar-refractivity contribution is 5.69. The highest BCUT2D eigenvalue weighted by Gasteiger charge is 2.15. The fourth-order valence-corrected chi connectivity index (χ4v) is 2.43. The molecule has 0 saturated heterocycles. The van der Waals surface area contributed by atoms with Crippen molar-refractivity contribution in [1.29, 1.82) is 0 Å². The summed E-state index contributed by atoms with van der Waals surface area (Å²) in [4.78, 5) is 10.8. The van der Waals surface area contributed by atoms with Crippen molar-refractivity contribution in [3.63, 3.8) is 0 Å². The molecule has 0 fully saturated rings. The van der Waals surface area contributed by atoms with E-state index in [1.165, 1.54) is 22.3 Å². The minimum Gasteiger partial charge on any atom is -0.481 e. The van der Waals surface area contributed by atoms with Crippen molar-refractivity contribution in [1.82, 2.24) is 0 Å². The van der Waals surface area contributed by atoms with Gasteiger partial charge in [-0.2, -0.15) is 0 Å². The molecule has 2 heteroatoms. The van der Waals surface area contributed by atoms with Crippen molar-refractivity contribution < 1.29 is 9.90 Å². The highest BCUT2D eigenvalue weighted by atomic mass is 16.4. The topological polar surface area (TPSA) is 37.3 Å². The summed E-state index contributed by atoms with van der Waals surface area (Å²) in [6.45, 7) is 10.3. The van der Waals surface area contributed by atoms with Crippen LogP contribution in [0.15, 0.2) is 12.1 Å². The van der Waals surface area contributed by atoms with E-state index in [0.29, 0.717) is 5.92 Å². The molecule has 18 heavy (non-hydrogen) atoms. The Morgan fingerprint density at radius 2 is 1.67 bits per heavy atom. The van der Waals surface area contributed by atoms with Gasteiger partial charge in [-0.15, -0.1) is 0 Å². The predicted molar refractivity (Wildman–Crippen MR) is 74.9 cm³/mol. The van der Waals surface area contributed by atoms with Gasteiger partial charge in [-0.25, -0.2) is 0 Å². The van der Waals surface area contributed by atoms with E-state index in [1.807, 2.05) is 0 Å². The van der Waals surface area contributed by atoms with Gasteiger partial charge in [-0.3, -0.25) is 4.79 Å². The van der Waals surface area contributed by atoms with E-state index in [0.717, 1.165) is 12.8 Å². The third kappa shape index (κ3) is 3.86. The van der Waals surface area contributed by atoms with Crippen LogP contribution in [0, 0.1) is 32.6 Å². The largest absolute Gasteiger partial charge is 0.481 e. The lowest BCUT2D eigenvalue weighted by Crippen LogP contribution is -2.14. The standard InChI is InChI=1S/C16H24O2/c1-10(6-13(4)16(17)18)7-15-8-11(2)14(5)12(3)9-15/h8-10,13H,6-7H2,1-5H3,(H,17,18). The number of carboxylic acid groups (broad SMARTS) is 1. The number of aryl methyl sites for hydroxylation is 2. The summed E-state index contributed by atoms with van der Waals surface area (Å²) in [7, 11) is 0. The van der Waals surface area contributed by atoms with E-state index < -0.39 is 5.97 Å². The maximum atomic E-state index is 10.8. The number of benzene rings is 1. The molecule has 0 radical (unpaired) electrons. The first-order valence-corrected chi connectivity index (χ1v) is 6.60. The summed E-state index contributed by atoms with van der Waals surface area (Å²) >= 11 is 0. The van der Waals surface area contributed by atoms with Crippen molar-refractivity contribution in [2.24, 2.45) is 11.8 Å². The van der Waals surface area contributed by atoms with Crippen LogP contribution in [0.4, 0.5) is 0 Å². The molecule has 0 aliphatic heterocycles. The zero-order valence-corrected chi connectivity index (χ0v) is 12.1. The van der Waals surface area contributed by atoms with Gasteiger partial charge in [-0.1, -0.05) is 26.0 Å². The SMILES string of the molecule is Cc1cc(CC(C)CC(C)C(=O)O)cc(C)c1C. The second kappa shape index (κ2) is 6.03. The first kappa shape index (κ1) is 14.7. The van der Waals surface area contributed by atoms with Crippen molar-refractivity contribution >= 4 is 5.97 Å². The maximum Gasteiger partial charge on any atom is 0.306 e. The Kier molecular flexibility index (Phi) is 4.94. The van der Waals surface area contributed by atoms with E-state index in [9.17, 15) is 4.79 Å². The van der Waals surface area contributed by atoms with Crippen LogP contribution in [0.3, 0.4) is 0 Å². The molecular weight excluding hydrogens is 224 g/mol. The second-order valence-corrected chi connectivity index (χ2v) is 5.64. The van der Waals surface area contributed by atoms with Gasteiger partial charge in [0.2, 0.25) is 0 Å². The molecule has 100 valence electrons. The summed E-state index contributed by atoms with van der Waals surface area (Å²) in [5.41, 5.74) is 5.32. The molecule has 0 amide bonds. The predicted octanol–water partition coefficient (Wildman–Crippen LogP) is 3.90. The number of rotatable bonds is 5. The van der Waals surface area contributed by atoms with Gasteiger partial charge in [0.05, 0.1) is 5.92 Å². The molecule has 0 saturated carbocycles. The summed E-state index contributed by atoms with van der Waals surface area (Å²) in [6, 6.07) is 4.45. The van der Waals surface area contributed by atoms with E-state index in [1.54, 1.807) is 6.92 Å². The first-order chi connectivity index (χ1) is 8.31. The third-order valence-electron chi connectivity index (χ3n) is 3.75. The van der Waals surface area contributed by atoms with Gasteiger partial charge in [-0.05, 0) is 61.8 Å². The number of aliphatic carboxylic acids is 1. The van der Waals surface area contributed by atoms with E-state index in [2.05, 4.69) is 39.8 Å².